The second kappa shape index (κ2) is 8.58. The Hall–Kier alpha value is -4.46. The van der Waals surface area contributed by atoms with Crippen LogP contribution in [0, 0.1) is 0 Å². The maximum atomic E-state index is 12.6. The molecule has 4 aromatic rings. The number of ether oxygens (including phenoxy) is 1. The van der Waals surface area contributed by atoms with Gasteiger partial charge in [-0.05, 0) is 47.3 Å². The van der Waals surface area contributed by atoms with E-state index in [1.54, 1.807) is 35.2 Å². The number of aromatic amines is 1. The number of amides is 2. The van der Waals surface area contributed by atoms with Crippen LogP contribution in [0.2, 0.25) is 0 Å². The van der Waals surface area contributed by atoms with Crippen molar-refractivity contribution in [2.45, 2.75) is 6.04 Å². The van der Waals surface area contributed by atoms with E-state index in [0.29, 0.717) is 41.5 Å². The zero-order valence-electron chi connectivity index (χ0n) is 17.6. The molecule has 8 nitrogen and oxygen atoms in total. The van der Waals surface area contributed by atoms with Gasteiger partial charge in [0.15, 0.2) is 6.04 Å². The molecule has 4 N–H and O–H groups in total. The summed E-state index contributed by atoms with van der Waals surface area (Å²) in [5.41, 5.74) is 3.40. The van der Waals surface area contributed by atoms with Crippen LogP contribution in [0.15, 0.2) is 79.0 Å². The van der Waals surface area contributed by atoms with Crippen molar-refractivity contribution in [2.75, 3.05) is 28.7 Å². The molecule has 1 unspecified atom stereocenters. The summed E-state index contributed by atoms with van der Waals surface area (Å²) in [6.45, 7) is 0.781. The topological polar surface area (TPSA) is 107 Å². The van der Waals surface area contributed by atoms with Gasteiger partial charge in [0, 0.05) is 23.1 Å². The van der Waals surface area contributed by atoms with Gasteiger partial charge >= 0.3 is 12.0 Å². The first-order valence-corrected chi connectivity index (χ1v) is 10.5. The highest BCUT2D eigenvalue weighted by atomic mass is 16.5. The number of nitrogens with one attached hydrogen (secondary N) is 3. The Bertz CT molecular complexity index is 1320. The lowest BCUT2D eigenvalue weighted by atomic mass is 10.0. The van der Waals surface area contributed by atoms with E-state index < -0.39 is 18.0 Å². The molecule has 0 saturated carbocycles. The van der Waals surface area contributed by atoms with Gasteiger partial charge in [-0.1, -0.05) is 36.4 Å². The minimum absolute atomic E-state index is 0.373. The number of rotatable bonds is 5. The molecular formula is C25H22N4O4. The molecule has 5 rings (SSSR count). The molecule has 1 aromatic heterocycles. The molecule has 2 amide bonds. The maximum absolute atomic E-state index is 12.6. The quantitative estimate of drug-likeness (QED) is 0.354. The molecule has 1 atom stereocenters. The number of nitrogens with zero attached hydrogens (tertiary/aromatic N) is 1. The van der Waals surface area contributed by atoms with Crippen molar-refractivity contribution in [1.29, 1.82) is 0 Å². The van der Waals surface area contributed by atoms with Crippen LogP contribution in [0.1, 0.15) is 11.6 Å². The molecule has 0 saturated heterocycles. The zero-order chi connectivity index (χ0) is 22.8. The number of hydrogen-bond donors (Lipinski definition) is 4. The average Bonchev–Trinajstić information content (AvgIpc) is 3.28. The SMILES string of the molecule is O=C(Nc1ccc2c(c1)N(C(C(=O)O)c1ccccc1)CCO2)Nc1ccc2cc[nH]c2c1. The Labute approximate surface area is 189 Å². The number of benzene rings is 3. The lowest BCUT2D eigenvalue weighted by molar-refractivity contribution is -0.138. The molecule has 3 aromatic carbocycles. The third-order valence-corrected chi connectivity index (χ3v) is 5.59. The number of aromatic nitrogens is 1. The summed E-state index contributed by atoms with van der Waals surface area (Å²) < 4.78 is 5.74. The van der Waals surface area contributed by atoms with Gasteiger partial charge in [0.2, 0.25) is 0 Å². The number of carbonyl (C=O) groups excluding carboxylic acids is 1. The third kappa shape index (κ3) is 4.18. The number of carboxylic acid groups (broad SMARTS) is 1. The van der Waals surface area contributed by atoms with Crippen molar-refractivity contribution in [1.82, 2.24) is 4.98 Å². The lowest BCUT2D eigenvalue weighted by Crippen LogP contribution is -2.39. The number of hydrogen-bond acceptors (Lipinski definition) is 4. The molecule has 166 valence electrons. The van der Waals surface area contributed by atoms with E-state index in [9.17, 15) is 14.7 Å². The van der Waals surface area contributed by atoms with Crippen molar-refractivity contribution in [2.24, 2.45) is 0 Å². The Morgan fingerprint density at radius 2 is 1.73 bits per heavy atom. The summed E-state index contributed by atoms with van der Waals surface area (Å²) >= 11 is 0. The van der Waals surface area contributed by atoms with Gasteiger partial charge in [0.05, 0.1) is 12.2 Å². The van der Waals surface area contributed by atoms with E-state index in [0.717, 1.165) is 10.9 Å². The monoisotopic (exact) mass is 442 g/mol. The molecule has 2 heterocycles. The number of carbonyl (C=O) groups is 2. The van der Waals surface area contributed by atoms with Crippen molar-refractivity contribution >= 4 is 40.0 Å². The molecular weight excluding hydrogens is 420 g/mol. The highest BCUT2D eigenvalue weighted by Gasteiger charge is 2.32. The molecule has 0 fully saturated rings. The predicted molar refractivity (Wildman–Crippen MR) is 127 cm³/mol. The van der Waals surface area contributed by atoms with Crippen LogP contribution in [0.25, 0.3) is 10.9 Å². The Kier molecular flexibility index (Phi) is 5.32. The first kappa shape index (κ1) is 20.4. The van der Waals surface area contributed by atoms with Crippen LogP contribution < -0.4 is 20.3 Å². The summed E-state index contributed by atoms with van der Waals surface area (Å²) in [5, 5.41) is 16.7. The summed E-state index contributed by atoms with van der Waals surface area (Å²) in [7, 11) is 0. The van der Waals surface area contributed by atoms with Gasteiger partial charge in [0.1, 0.15) is 12.4 Å². The molecule has 33 heavy (non-hydrogen) atoms. The fourth-order valence-corrected chi connectivity index (χ4v) is 4.09. The van der Waals surface area contributed by atoms with Crippen LogP contribution >= 0.6 is 0 Å². The Morgan fingerprint density at radius 3 is 2.52 bits per heavy atom. The fourth-order valence-electron chi connectivity index (χ4n) is 4.09. The maximum Gasteiger partial charge on any atom is 0.331 e. The summed E-state index contributed by atoms with van der Waals surface area (Å²) in [5.74, 6) is -0.378. The van der Waals surface area contributed by atoms with Crippen LogP contribution in [0.5, 0.6) is 5.75 Å². The molecule has 0 spiro atoms. The van der Waals surface area contributed by atoms with E-state index in [4.69, 9.17) is 4.74 Å². The Balaban J connectivity index is 1.38. The van der Waals surface area contributed by atoms with Gasteiger partial charge in [-0.25, -0.2) is 9.59 Å². The first-order valence-electron chi connectivity index (χ1n) is 10.5. The van der Waals surface area contributed by atoms with Crippen molar-refractivity contribution < 1.29 is 19.4 Å². The predicted octanol–water partition coefficient (Wildman–Crippen LogP) is 4.84. The van der Waals surface area contributed by atoms with Crippen LogP contribution in [0.4, 0.5) is 21.9 Å². The summed E-state index contributed by atoms with van der Waals surface area (Å²) in [6.07, 6.45) is 1.84. The van der Waals surface area contributed by atoms with Gasteiger partial charge < -0.3 is 30.4 Å². The van der Waals surface area contributed by atoms with Crippen LogP contribution in [-0.2, 0) is 4.79 Å². The van der Waals surface area contributed by atoms with Gasteiger partial charge in [0.25, 0.3) is 0 Å². The molecule has 0 bridgehead atoms. The van der Waals surface area contributed by atoms with E-state index in [1.807, 2.05) is 48.7 Å². The van der Waals surface area contributed by atoms with E-state index >= 15 is 0 Å². The standard InChI is InChI=1S/C25H22N4O4/c30-24(31)23(17-4-2-1-3-5-17)29-12-13-33-22-9-8-19(15-21(22)29)28-25(32)27-18-7-6-16-10-11-26-20(16)14-18/h1-11,14-15,23,26H,12-13H2,(H,30,31)(H2,27,28,32). The normalized spacial score (nSPS) is 13.6. The highest BCUT2D eigenvalue weighted by Crippen LogP contribution is 2.39. The molecule has 1 aliphatic heterocycles. The molecule has 0 aliphatic carbocycles. The van der Waals surface area contributed by atoms with Gasteiger partial charge in [-0.15, -0.1) is 0 Å². The summed E-state index contributed by atoms with van der Waals surface area (Å²) in [4.78, 5) is 29.7. The van der Waals surface area contributed by atoms with E-state index in [2.05, 4.69) is 15.6 Å². The smallest absolute Gasteiger partial charge is 0.331 e. The van der Waals surface area contributed by atoms with Crippen LogP contribution in [-0.4, -0.2) is 35.2 Å². The number of carboxylic acids is 1. The number of anilines is 3. The van der Waals surface area contributed by atoms with Crippen LogP contribution in [0.3, 0.4) is 0 Å². The van der Waals surface area contributed by atoms with Crippen molar-refractivity contribution in [3.63, 3.8) is 0 Å². The highest BCUT2D eigenvalue weighted by molar-refractivity contribution is 6.01. The van der Waals surface area contributed by atoms with Gasteiger partial charge in [-0.2, -0.15) is 0 Å². The lowest BCUT2D eigenvalue weighted by Gasteiger charge is -2.36. The largest absolute Gasteiger partial charge is 0.490 e. The zero-order valence-corrected chi connectivity index (χ0v) is 17.6. The number of urea groups is 1. The van der Waals surface area contributed by atoms with Crippen molar-refractivity contribution in [3.05, 3.63) is 84.6 Å². The van der Waals surface area contributed by atoms with E-state index in [1.165, 1.54) is 0 Å². The number of aliphatic carboxylic acids is 1. The minimum Gasteiger partial charge on any atom is -0.490 e. The van der Waals surface area contributed by atoms with Crippen molar-refractivity contribution in [3.8, 4) is 5.75 Å². The second-order valence-electron chi connectivity index (χ2n) is 7.73. The summed E-state index contributed by atoms with van der Waals surface area (Å²) in [6, 6.07) is 20.6. The van der Waals surface area contributed by atoms with Gasteiger partial charge in [-0.3, -0.25) is 0 Å². The molecule has 1 aliphatic rings. The third-order valence-electron chi connectivity index (χ3n) is 5.59. The second-order valence-corrected chi connectivity index (χ2v) is 7.73. The number of fused-ring (bicyclic) bond motifs is 2. The fraction of sp³-hybridized carbons (Fsp3) is 0.120. The average molecular weight is 442 g/mol. The minimum atomic E-state index is -0.954. The Morgan fingerprint density at radius 1 is 0.970 bits per heavy atom. The molecule has 0 radical (unpaired) electrons. The number of H-pyrrole nitrogens is 1. The molecule has 8 heteroatoms. The first-order chi connectivity index (χ1) is 16.1. The van der Waals surface area contributed by atoms with E-state index in [-0.39, 0.29) is 0 Å².